The second-order valence-electron chi connectivity index (χ2n) is 10.1. The summed E-state index contributed by atoms with van der Waals surface area (Å²) in [5.41, 5.74) is 5.63. The van der Waals surface area contributed by atoms with Gasteiger partial charge in [0.2, 0.25) is 0 Å². The summed E-state index contributed by atoms with van der Waals surface area (Å²) in [4.78, 5) is 13.5. The number of aryl methyl sites for hydroxylation is 1. The monoisotopic (exact) mass is 569 g/mol. The third-order valence-electron chi connectivity index (χ3n) is 6.80. The molecule has 2 aromatic carbocycles. The zero-order valence-electron chi connectivity index (χ0n) is 27.6. The van der Waals surface area contributed by atoms with Crippen molar-refractivity contribution in [3.8, 4) is 11.1 Å². The van der Waals surface area contributed by atoms with Crippen molar-refractivity contribution in [1.29, 1.82) is 0 Å². The van der Waals surface area contributed by atoms with Gasteiger partial charge in [0, 0.05) is 40.6 Å². The van der Waals surface area contributed by atoms with Crippen molar-refractivity contribution < 1.29 is 11.4 Å². The molecule has 1 saturated heterocycles. The summed E-state index contributed by atoms with van der Waals surface area (Å²) in [7, 11) is 0. The van der Waals surface area contributed by atoms with Crippen molar-refractivity contribution in [1.82, 2.24) is 10.2 Å². The Morgan fingerprint density at radius 1 is 0.951 bits per heavy atom. The summed E-state index contributed by atoms with van der Waals surface area (Å²) in [6.07, 6.45) is 11.4. The van der Waals surface area contributed by atoms with E-state index in [0.717, 1.165) is 36.9 Å². The van der Waals surface area contributed by atoms with E-state index in [4.69, 9.17) is 0 Å². The van der Waals surface area contributed by atoms with Crippen LogP contribution in [0.25, 0.3) is 17.2 Å². The molecule has 0 atom stereocenters. The van der Waals surface area contributed by atoms with Gasteiger partial charge in [-0.15, -0.1) is 0 Å². The van der Waals surface area contributed by atoms with E-state index in [-0.39, 0.29) is 7.21 Å². The minimum absolute atomic E-state index is 0. The van der Waals surface area contributed by atoms with Crippen molar-refractivity contribution in [2.24, 2.45) is 0 Å². The Kier molecular flexibility index (Phi) is 23.7. The minimum Gasteiger partial charge on any atom is -0.314 e. The molecule has 0 unspecified atom stereocenters. The van der Waals surface area contributed by atoms with E-state index in [1.165, 1.54) is 67.3 Å². The Labute approximate surface area is 254 Å². The van der Waals surface area contributed by atoms with Gasteiger partial charge in [0.15, 0.2) is 0 Å². The number of carbonyl (C=O) groups excluding carboxylic acids is 1. The van der Waals surface area contributed by atoms with E-state index >= 15 is 0 Å². The maximum absolute atomic E-state index is 10.9. The Bertz CT molecular complexity index is 941. The number of nitrogens with zero attached hydrogens (tertiary/aromatic N) is 2. The average molecular weight is 570 g/mol. The number of hydrogen-bond donors (Lipinski definition) is 2. The third kappa shape index (κ3) is 17.2. The molecular weight excluding hydrogens is 506 g/mol. The maximum atomic E-state index is 10.9. The van der Waals surface area contributed by atoms with Gasteiger partial charge in [0.25, 0.3) is 0 Å². The zero-order valence-corrected chi connectivity index (χ0v) is 27.6. The summed E-state index contributed by atoms with van der Waals surface area (Å²) >= 11 is 0. The highest BCUT2D eigenvalue weighted by atomic mass is 16.5. The molecule has 2 aromatic rings. The van der Waals surface area contributed by atoms with Gasteiger partial charge < -0.3 is 15.0 Å². The van der Waals surface area contributed by atoms with Gasteiger partial charge in [0.05, 0.1) is 5.69 Å². The minimum atomic E-state index is 0. The van der Waals surface area contributed by atoms with E-state index in [0.29, 0.717) is 13.0 Å². The summed E-state index contributed by atoms with van der Waals surface area (Å²) in [6.45, 7) is 22.8. The molecule has 0 amide bonds. The lowest BCUT2D eigenvalue weighted by atomic mass is 9.99. The van der Waals surface area contributed by atoms with Gasteiger partial charge in [-0.2, -0.15) is 0 Å². The van der Waals surface area contributed by atoms with Crippen LogP contribution >= 0.6 is 0 Å². The Morgan fingerprint density at radius 3 is 2.12 bits per heavy atom. The summed E-state index contributed by atoms with van der Waals surface area (Å²) in [5.74, 6) is 0.255. The quantitative estimate of drug-likeness (QED) is 0.186. The van der Waals surface area contributed by atoms with Crippen LogP contribution in [0.1, 0.15) is 106 Å². The van der Waals surface area contributed by atoms with Gasteiger partial charge >= 0.3 is 0 Å². The first-order valence-electron chi connectivity index (χ1n) is 16.2. The predicted molar refractivity (Wildman–Crippen MR) is 183 cm³/mol. The molecule has 5 heteroatoms. The van der Waals surface area contributed by atoms with Crippen molar-refractivity contribution in [2.45, 2.75) is 100 Å². The average Bonchev–Trinajstić information content (AvgIpc) is 3.01. The second kappa shape index (κ2) is 25.3. The van der Waals surface area contributed by atoms with Crippen LogP contribution in [-0.2, 0) is 4.79 Å². The molecular formula is C36H63N3O2. The first kappa shape index (κ1) is 38.5. The number of anilines is 1. The molecule has 3 rings (SSSR count). The predicted octanol–water partition coefficient (Wildman–Crippen LogP) is 9.42. The van der Waals surface area contributed by atoms with Crippen molar-refractivity contribution in [3.63, 3.8) is 0 Å². The van der Waals surface area contributed by atoms with Crippen LogP contribution in [0, 0.1) is 6.92 Å². The van der Waals surface area contributed by atoms with Crippen LogP contribution < -0.4 is 10.4 Å². The van der Waals surface area contributed by atoms with Crippen LogP contribution in [0.4, 0.5) is 5.69 Å². The number of Topliss-reactive ketones (excluding diaryl/α,β-unsaturated/α-hetero) is 1. The lowest BCUT2D eigenvalue weighted by Gasteiger charge is -2.26. The number of nitrogens with one attached hydrogen (secondary N) is 1. The molecule has 1 fully saturated rings. The van der Waals surface area contributed by atoms with Crippen LogP contribution in [-0.4, -0.2) is 55.2 Å². The fraction of sp³-hybridized carbons (Fsp3) is 0.583. The number of piperazine rings is 1. The standard InChI is InChI=1S/C24H31NO2.C8H18N2.2C2H6.H2/c1-4-9-21-11-12-23(18-19(21)2)22-13-15-24(16-14-22)25(27)17-8-6-5-7-10-20(3)26;1-2-3-6-10-7-4-9-5-8-10;2*1-2;/h4,9,11-16,18,27H,5-8,10,17H2,1-3H3;9H,2-8H2,1H3;2*1-2H3;1H/b9-4-;;;;. The van der Waals surface area contributed by atoms with E-state index in [1.807, 2.05) is 46.8 Å². The van der Waals surface area contributed by atoms with Gasteiger partial charge in [0.1, 0.15) is 5.78 Å². The van der Waals surface area contributed by atoms with E-state index in [2.05, 4.69) is 66.5 Å². The van der Waals surface area contributed by atoms with Gasteiger partial charge in [-0.25, -0.2) is 0 Å². The molecule has 41 heavy (non-hydrogen) atoms. The first-order chi connectivity index (χ1) is 19.9. The van der Waals surface area contributed by atoms with Crippen molar-refractivity contribution >= 4 is 17.5 Å². The van der Waals surface area contributed by atoms with Crippen LogP contribution in [0.5, 0.6) is 0 Å². The molecule has 2 N–H and O–H groups in total. The molecule has 0 aliphatic carbocycles. The highest BCUT2D eigenvalue weighted by molar-refractivity contribution is 5.75. The van der Waals surface area contributed by atoms with Crippen molar-refractivity contribution in [2.75, 3.05) is 44.3 Å². The molecule has 0 saturated carbocycles. The Morgan fingerprint density at radius 2 is 1.56 bits per heavy atom. The molecule has 234 valence electrons. The van der Waals surface area contributed by atoms with Crippen LogP contribution in [0.15, 0.2) is 48.5 Å². The van der Waals surface area contributed by atoms with E-state index in [9.17, 15) is 10.0 Å². The first-order valence-corrected chi connectivity index (χ1v) is 16.2. The number of unbranched alkanes of at least 4 members (excludes halogenated alkanes) is 4. The molecule has 5 nitrogen and oxygen atoms in total. The zero-order chi connectivity index (χ0) is 30.9. The van der Waals surface area contributed by atoms with Crippen LogP contribution in [0.2, 0.25) is 0 Å². The summed E-state index contributed by atoms with van der Waals surface area (Å²) < 4.78 is 0. The number of hydrogen-bond acceptors (Lipinski definition) is 5. The fourth-order valence-corrected chi connectivity index (χ4v) is 4.48. The molecule has 0 bridgehead atoms. The van der Waals surface area contributed by atoms with E-state index < -0.39 is 0 Å². The number of ketones is 1. The third-order valence-corrected chi connectivity index (χ3v) is 6.80. The number of carbonyl (C=O) groups is 1. The topological polar surface area (TPSA) is 55.8 Å². The second-order valence-corrected chi connectivity index (χ2v) is 10.1. The Balaban J connectivity index is 0. The van der Waals surface area contributed by atoms with Crippen LogP contribution in [0.3, 0.4) is 0 Å². The molecule has 0 radical (unpaired) electrons. The SMILES string of the molecule is C/C=C\c1ccc(-c2ccc(N(O)CCCCCCC(C)=O)cc2)cc1C.CC.CC.CCCCN1CCNCC1.[HH]. The van der Waals surface area contributed by atoms with Crippen molar-refractivity contribution in [3.05, 3.63) is 59.7 Å². The van der Waals surface area contributed by atoms with Gasteiger partial charge in [-0.1, -0.05) is 96.4 Å². The lowest BCUT2D eigenvalue weighted by molar-refractivity contribution is -0.117. The van der Waals surface area contributed by atoms with E-state index in [1.54, 1.807) is 6.92 Å². The fourth-order valence-electron chi connectivity index (χ4n) is 4.48. The largest absolute Gasteiger partial charge is 0.314 e. The molecule has 1 heterocycles. The maximum Gasteiger partial charge on any atom is 0.129 e. The highest BCUT2D eigenvalue weighted by Gasteiger charge is 2.07. The number of hydroxylamine groups is 1. The summed E-state index contributed by atoms with van der Waals surface area (Å²) in [5, 5.41) is 14.9. The molecule has 0 aromatic heterocycles. The van der Waals surface area contributed by atoms with Gasteiger partial charge in [-0.3, -0.25) is 10.3 Å². The normalized spacial score (nSPS) is 12.8. The highest BCUT2D eigenvalue weighted by Crippen LogP contribution is 2.25. The smallest absolute Gasteiger partial charge is 0.129 e. The number of benzene rings is 2. The molecule has 1 aliphatic rings. The summed E-state index contributed by atoms with van der Waals surface area (Å²) in [6, 6.07) is 14.5. The number of allylic oxidation sites excluding steroid dienone is 1. The molecule has 0 spiro atoms. The lowest BCUT2D eigenvalue weighted by Crippen LogP contribution is -2.43. The Hall–Kier alpha value is -2.47. The number of rotatable bonds is 13. The van der Waals surface area contributed by atoms with Gasteiger partial charge in [-0.05, 0) is 81.0 Å². The molecule has 1 aliphatic heterocycles.